The minimum absolute atomic E-state index is 0.240. The van der Waals surface area contributed by atoms with Crippen molar-refractivity contribution in [1.82, 2.24) is 0 Å². The Hall–Kier alpha value is -1.62. The fraction of sp³-hybridized carbons (Fsp3) is 0.438. The third-order valence-corrected chi connectivity index (χ3v) is 5.01. The minimum Gasteiger partial charge on any atom is -0.497 e. The number of methoxy groups -OCH3 is 1. The van der Waals surface area contributed by atoms with E-state index in [0.29, 0.717) is 16.6 Å². The van der Waals surface area contributed by atoms with Crippen LogP contribution in [0.15, 0.2) is 24.3 Å². The molecule has 0 atom stereocenters. The Morgan fingerprint density at radius 3 is 2.30 bits per heavy atom. The van der Waals surface area contributed by atoms with Crippen molar-refractivity contribution in [2.75, 3.05) is 26.9 Å². The molecule has 0 bridgehead atoms. The number of hydrogen-bond donors (Lipinski definition) is 0. The molecule has 0 amide bonds. The number of hydrogen-bond acceptors (Lipinski definition) is 6. The van der Waals surface area contributed by atoms with Gasteiger partial charge in [0.2, 0.25) is 0 Å². The summed E-state index contributed by atoms with van der Waals surface area (Å²) in [5.74, 6) is 0.0840. The molecule has 0 heterocycles. The van der Waals surface area contributed by atoms with Crippen LogP contribution in [0.4, 0.5) is 0 Å². The van der Waals surface area contributed by atoms with Crippen LogP contribution >= 0.6 is 7.60 Å². The van der Waals surface area contributed by atoms with E-state index in [1.165, 1.54) is 19.3 Å². The second kappa shape index (κ2) is 9.50. The van der Waals surface area contributed by atoms with Crippen LogP contribution in [0.3, 0.4) is 0 Å². The van der Waals surface area contributed by atoms with E-state index in [2.05, 4.69) is 0 Å². The van der Waals surface area contributed by atoms with E-state index >= 15 is 0 Å². The lowest BCUT2D eigenvalue weighted by Crippen LogP contribution is -2.14. The number of esters is 1. The smallest absolute Gasteiger partial charge is 0.361 e. The van der Waals surface area contributed by atoms with Crippen molar-refractivity contribution < 1.29 is 27.9 Å². The van der Waals surface area contributed by atoms with Crippen molar-refractivity contribution in [3.8, 4) is 5.75 Å². The monoisotopic (exact) mass is 342 g/mol. The summed E-state index contributed by atoms with van der Waals surface area (Å²) in [6.45, 7) is 5.97. The van der Waals surface area contributed by atoms with Crippen LogP contribution in [0.1, 0.15) is 26.3 Å². The molecule has 0 unspecified atom stereocenters. The van der Waals surface area contributed by atoms with Gasteiger partial charge in [0.05, 0.1) is 32.2 Å². The molecule has 128 valence electrons. The Morgan fingerprint density at radius 1 is 1.13 bits per heavy atom. The van der Waals surface area contributed by atoms with E-state index in [4.69, 9.17) is 18.5 Å². The SMILES string of the molecule is CCOC(=O)/C=C/c1cc(OC)ccc1P(=O)(OCC)OCC. The van der Waals surface area contributed by atoms with Crippen LogP contribution in [0.5, 0.6) is 5.75 Å². The zero-order valence-electron chi connectivity index (χ0n) is 13.9. The summed E-state index contributed by atoms with van der Waals surface area (Å²) < 4.78 is 33.7. The lowest BCUT2D eigenvalue weighted by Gasteiger charge is -2.19. The minimum atomic E-state index is -3.47. The van der Waals surface area contributed by atoms with Gasteiger partial charge >= 0.3 is 13.6 Å². The average molecular weight is 342 g/mol. The number of rotatable bonds is 9. The largest absolute Gasteiger partial charge is 0.497 e. The number of benzene rings is 1. The second-order valence-corrected chi connectivity index (χ2v) is 6.34. The van der Waals surface area contributed by atoms with Crippen molar-refractivity contribution in [1.29, 1.82) is 0 Å². The van der Waals surface area contributed by atoms with Crippen molar-refractivity contribution in [3.63, 3.8) is 0 Å². The van der Waals surface area contributed by atoms with Gasteiger partial charge in [0.1, 0.15) is 5.75 Å². The lowest BCUT2D eigenvalue weighted by atomic mass is 10.2. The van der Waals surface area contributed by atoms with Crippen LogP contribution in [-0.4, -0.2) is 32.9 Å². The summed E-state index contributed by atoms with van der Waals surface area (Å²) in [5.41, 5.74) is 0.516. The summed E-state index contributed by atoms with van der Waals surface area (Å²) >= 11 is 0. The molecular weight excluding hydrogens is 319 g/mol. The Balaban J connectivity index is 3.30. The van der Waals surface area contributed by atoms with E-state index in [9.17, 15) is 9.36 Å². The summed E-state index contributed by atoms with van der Waals surface area (Å²) in [4.78, 5) is 11.5. The molecule has 1 rings (SSSR count). The first-order valence-corrected chi connectivity index (χ1v) is 8.97. The van der Waals surface area contributed by atoms with Crippen molar-refractivity contribution in [2.24, 2.45) is 0 Å². The van der Waals surface area contributed by atoms with Crippen LogP contribution in [0.2, 0.25) is 0 Å². The molecule has 0 saturated carbocycles. The summed E-state index contributed by atoms with van der Waals surface area (Å²) in [5, 5.41) is 0.377. The maximum absolute atomic E-state index is 13.0. The summed E-state index contributed by atoms with van der Waals surface area (Å²) in [7, 11) is -1.95. The quantitative estimate of drug-likeness (QED) is 0.390. The van der Waals surface area contributed by atoms with Crippen LogP contribution in [0.25, 0.3) is 6.08 Å². The molecule has 0 radical (unpaired) electrons. The molecule has 0 saturated heterocycles. The molecule has 0 N–H and O–H groups in total. The first-order valence-electron chi connectivity index (χ1n) is 7.43. The molecule has 0 aromatic heterocycles. The molecule has 0 aliphatic heterocycles. The molecule has 6 nitrogen and oxygen atoms in total. The average Bonchev–Trinajstić information content (AvgIpc) is 2.53. The Labute approximate surface area is 136 Å². The van der Waals surface area contributed by atoms with Gasteiger partial charge in [-0.3, -0.25) is 4.57 Å². The maximum Gasteiger partial charge on any atom is 0.361 e. The van der Waals surface area contributed by atoms with Crippen LogP contribution < -0.4 is 10.0 Å². The number of ether oxygens (including phenoxy) is 2. The third kappa shape index (κ3) is 5.50. The molecular formula is C16H23O6P. The van der Waals surface area contributed by atoms with E-state index < -0.39 is 13.6 Å². The molecule has 0 fully saturated rings. The third-order valence-electron chi connectivity index (χ3n) is 2.81. The van der Waals surface area contributed by atoms with E-state index in [1.807, 2.05) is 0 Å². The lowest BCUT2D eigenvalue weighted by molar-refractivity contribution is -0.137. The van der Waals surface area contributed by atoms with Gasteiger partial charge in [-0.05, 0) is 50.6 Å². The first kappa shape index (κ1) is 19.4. The van der Waals surface area contributed by atoms with Gasteiger partial charge in [0, 0.05) is 6.08 Å². The molecule has 1 aromatic rings. The van der Waals surface area contributed by atoms with Crippen LogP contribution in [-0.2, 0) is 23.1 Å². The van der Waals surface area contributed by atoms with Gasteiger partial charge in [-0.2, -0.15) is 0 Å². The highest BCUT2D eigenvalue weighted by Crippen LogP contribution is 2.48. The van der Waals surface area contributed by atoms with Gasteiger partial charge in [0.15, 0.2) is 0 Å². The summed E-state index contributed by atoms with van der Waals surface area (Å²) in [6, 6.07) is 4.95. The van der Waals surface area contributed by atoms with Crippen LogP contribution in [0, 0.1) is 0 Å². The predicted molar refractivity (Wildman–Crippen MR) is 89.2 cm³/mol. The van der Waals surface area contributed by atoms with Crippen molar-refractivity contribution in [3.05, 3.63) is 29.8 Å². The van der Waals surface area contributed by atoms with Gasteiger partial charge in [-0.1, -0.05) is 0 Å². The van der Waals surface area contributed by atoms with Crippen molar-refractivity contribution >= 4 is 24.9 Å². The van der Waals surface area contributed by atoms with Gasteiger partial charge in [-0.25, -0.2) is 4.79 Å². The standard InChI is InChI=1S/C16H23O6P/c1-5-20-16(17)11-8-13-12-14(19-4)9-10-15(13)23(18,21-6-2)22-7-3/h8-12H,5-7H2,1-4H3/b11-8+. The Morgan fingerprint density at radius 2 is 1.78 bits per heavy atom. The molecule has 0 aliphatic rings. The highest BCUT2D eigenvalue weighted by atomic mass is 31.2. The first-order chi connectivity index (χ1) is 11.0. The predicted octanol–water partition coefficient (Wildman–Crippen LogP) is 3.16. The fourth-order valence-electron chi connectivity index (χ4n) is 1.91. The number of carbonyl (C=O) groups excluding carboxylic acids is 1. The number of carbonyl (C=O) groups is 1. The zero-order valence-corrected chi connectivity index (χ0v) is 14.8. The zero-order chi connectivity index (χ0) is 17.3. The van der Waals surface area contributed by atoms with Crippen molar-refractivity contribution in [2.45, 2.75) is 20.8 Å². The second-order valence-electron chi connectivity index (χ2n) is 4.34. The molecule has 23 heavy (non-hydrogen) atoms. The normalized spacial score (nSPS) is 11.7. The molecule has 1 aromatic carbocycles. The van der Waals surface area contributed by atoms with E-state index in [0.717, 1.165) is 0 Å². The maximum atomic E-state index is 13.0. The molecule has 0 spiro atoms. The highest BCUT2D eigenvalue weighted by molar-refractivity contribution is 7.62. The Bertz CT molecular complexity index is 586. The summed E-state index contributed by atoms with van der Waals surface area (Å²) in [6.07, 6.45) is 2.78. The fourth-order valence-corrected chi connectivity index (χ4v) is 3.65. The molecule has 7 heteroatoms. The highest BCUT2D eigenvalue weighted by Gasteiger charge is 2.29. The Kier molecular flexibility index (Phi) is 8.03. The van der Waals surface area contributed by atoms with Gasteiger partial charge in [-0.15, -0.1) is 0 Å². The topological polar surface area (TPSA) is 71.1 Å². The molecule has 0 aliphatic carbocycles. The van der Waals surface area contributed by atoms with Gasteiger partial charge < -0.3 is 18.5 Å². The van der Waals surface area contributed by atoms with E-state index in [1.54, 1.807) is 39.0 Å². The van der Waals surface area contributed by atoms with E-state index in [-0.39, 0.29) is 19.8 Å². The van der Waals surface area contributed by atoms with Gasteiger partial charge in [0.25, 0.3) is 0 Å².